The molecule has 0 aliphatic rings. The molecule has 0 unspecified atom stereocenters. The van der Waals surface area contributed by atoms with Crippen LogP contribution in [0.2, 0.25) is 0 Å². The SMILES string of the molecule is NC(=O)c1ccc2oc(F)nc2c1. The second kappa shape index (κ2) is 2.55. The van der Waals surface area contributed by atoms with Crippen molar-refractivity contribution in [3.05, 3.63) is 29.9 Å². The molecule has 1 heterocycles. The predicted molar refractivity (Wildman–Crippen MR) is 42.5 cm³/mol. The fraction of sp³-hybridized carbons (Fsp3) is 0. The molecule has 1 aromatic heterocycles. The number of rotatable bonds is 1. The fourth-order valence-electron chi connectivity index (χ4n) is 1.05. The van der Waals surface area contributed by atoms with Gasteiger partial charge in [-0.2, -0.15) is 4.98 Å². The van der Waals surface area contributed by atoms with E-state index in [-0.39, 0.29) is 11.1 Å². The molecule has 1 amide bonds. The van der Waals surface area contributed by atoms with Crippen LogP contribution >= 0.6 is 0 Å². The standard InChI is InChI=1S/C8H5FN2O2/c9-8-11-5-3-4(7(10)12)1-2-6(5)13-8/h1-3H,(H2,10,12). The third-order valence-corrected chi connectivity index (χ3v) is 1.65. The van der Waals surface area contributed by atoms with Crippen LogP contribution < -0.4 is 5.73 Å². The summed E-state index contributed by atoms with van der Waals surface area (Å²) in [5.74, 6) is -0.578. The number of benzene rings is 1. The van der Waals surface area contributed by atoms with Crippen molar-refractivity contribution in [3.63, 3.8) is 0 Å². The van der Waals surface area contributed by atoms with Gasteiger partial charge in [0.1, 0.15) is 5.52 Å². The number of halogens is 1. The smallest absolute Gasteiger partial charge is 0.382 e. The Morgan fingerprint density at radius 3 is 3.00 bits per heavy atom. The van der Waals surface area contributed by atoms with E-state index >= 15 is 0 Å². The predicted octanol–water partition coefficient (Wildman–Crippen LogP) is 1.07. The minimum absolute atomic E-state index is 0.279. The second-order valence-electron chi connectivity index (χ2n) is 2.51. The quantitative estimate of drug-likeness (QED) is 0.713. The lowest BCUT2D eigenvalue weighted by Gasteiger charge is -1.91. The summed E-state index contributed by atoms with van der Waals surface area (Å²) >= 11 is 0. The lowest BCUT2D eigenvalue weighted by Crippen LogP contribution is -2.10. The molecule has 2 rings (SSSR count). The molecule has 66 valence electrons. The van der Waals surface area contributed by atoms with Crippen LogP contribution in [0.1, 0.15) is 10.4 Å². The molecule has 0 saturated heterocycles. The molecule has 0 bridgehead atoms. The summed E-state index contributed by atoms with van der Waals surface area (Å²) in [6.45, 7) is 0. The molecule has 4 nitrogen and oxygen atoms in total. The van der Waals surface area contributed by atoms with Crippen LogP contribution in [0.3, 0.4) is 0 Å². The van der Waals surface area contributed by atoms with Gasteiger partial charge in [-0.15, -0.1) is 4.39 Å². The van der Waals surface area contributed by atoms with Crippen molar-refractivity contribution in [2.24, 2.45) is 5.73 Å². The number of oxazole rings is 1. The van der Waals surface area contributed by atoms with E-state index in [0.29, 0.717) is 5.58 Å². The lowest BCUT2D eigenvalue weighted by molar-refractivity contribution is 0.100. The van der Waals surface area contributed by atoms with Gasteiger partial charge in [-0.1, -0.05) is 0 Å². The highest BCUT2D eigenvalue weighted by Crippen LogP contribution is 2.15. The van der Waals surface area contributed by atoms with E-state index < -0.39 is 12.1 Å². The molecule has 1 aromatic carbocycles. The van der Waals surface area contributed by atoms with Crippen molar-refractivity contribution < 1.29 is 13.6 Å². The molecule has 2 N–H and O–H groups in total. The van der Waals surface area contributed by atoms with Gasteiger partial charge in [-0.05, 0) is 18.2 Å². The van der Waals surface area contributed by atoms with Crippen molar-refractivity contribution >= 4 is 17.0 Å². The van der Waals surface area contributed by atoms with E-state index in [1.807, 2.05) is 0 Å². The van der Waals surface area contributed by atoms with E-state index in [4.69, 9.17) is 5.73 Å². The highest BCUT2D eigenvalue weighted by Gasteiger charge is 2.07. The monoisotopic (exact) mass is 180 g/mol. The van der Waals surface area contributed by atoms with Crippen molar-refractivity contribution in [1.82, 2.24) is 4.98 Å². The summed E-state index contributed by atoms with van der Waals surface area (Å²) in [6.07, 6.45) is -0.920. The van der Waals surface area contributed by atoms with E-state index in [1.165, 1.54) is 18.2 Å². The van der Waals surface area contributed by atoms with Crippen molar-refractivity contribution in [3.8, 4) is 0 Å². The van der Waals surface area contributed by atoms with E-state index in [1.54, 1.807) is 0 Å². The lowest BCUT2D eigenvalue weighted by atomic mass is 10.2. The van der Waals surface area contributed by atoms with Crippen LogP contribution in [0, 0.1) is 6.14 Å². The molecule has 13 heavy (non-hydrogen) atoms. The topological polar surface area (TPSA) is 69.1 Å². The molecule has 0 aliphatic heterocycles. The van der Waals surface area contributed by atoms with Gasteiger partial charge in [0, 0.05) is 5.56 Å². The van der Waals surface area contributed by atoms with Crippen LogP contribution in [-0.4, -0.2) is 10.9 Å². The van der Waals surface area contributed by atoms with Gasteiger partial charge in [0.25, 0.3) is 0 Å². The van der Waals surface area contributed by atoms with Gasteiger partial charge < -0.3 is 10.2 Å². The molecule has 0 aliphatic carbocycles. The first-order valence-electron chi connectivity index (χ1n) is 3.53. The number of carbonyl (C=O) groups is 1. The van der Waals surface area contributed by atoms with Crippen LogP contribution in [0.25, 0.3) is 11.1 Å². The average Bonchev–Trinajstić information content (AvgIpc) is 2.42. The highest BCUT2D eigenvalue weighted by molar-refractivity contribution is 5.95. The summed E-state index contributed by atoms with van der Waals surface area (Å²) < 4.78 is 17.0. The number of carbonyl (C=O) groups excluding carboxylic acids is 1. The molecule has 0 fully saturated rings. The number of amides is 1. The van der Waals surface area contributed by atoms with E-state index in [2.05, 4.69) is 9.40 Å². The first-order chi connectivity index (χ1) is 6.16. The molecule has 5 heteroatoms. The fourth-order valence-corrected chi connectivity index (χ4v) is 1.05. The Labute approximate surface area is 72.2 Å². The molecule has 0 spiro atoms. The minimum atomic E-state index is -0.920. The Morgan fingerprint density at radius 2 is 2.31 bits per heavy atom. The van der Waals surface area contributed by atoms with Gasteiger partial charge in [0.15, 0.2) is 5.58 Å². The molecular formula is C8H5FN2O2. The van der Waals surface area contributed by atoms with Gasteiger partial charge in [0.05, 0.1) is 0 Å². The van der Waals surface area contributed by atoms with Crippen molar-refractivity contribution in [1.29, 1.82) is 0 Å². The van der Waals surface area contributed by atoms with Gasteiger partial charge in [0.2, 0.25) is 5.91 Å². The number of nitrogens with zero attached hydrogens (tertiary/aromatic N) is 1. The zero-order chi connectivity index (χ0) is 9.42. The average molecular weight is 180 g/mol. The Kier molecular flexibility index (Phi) is 1.51. The largest absolute Gasteiger partial charge is 0.415 e. The summed E-state index contributed by atoms with van der Waals surface area (Å²) in [5.41, 5.74) is 5.88. The number of aromatic nitrogens is 1. The number of hydrogen-bond donors (Lipinski definition) is 1. The minimum Gasteiger partial charge on any atom is -0.415 e. The van der Waals surface area contributed by atoms with Crippen molar-refractivity contribution in [2.45, 2.75) is 0 Å². The summed E-state index contributed by atoms with van der Waals surface area (Å²) in [6, 6.07) is 4.28. The maximum absolute atomic E-state index is 12.5. The number of nitrogens with two attached hydrogens (primary N) is 1. The number of primary amides is 1. The summed E-state index contributed by atoms with van der Waals surface area (Å²) in [4.78, 5) is 14.1. The maximum atomic E-state index is 12.5. The molecule has 0 saturated carbocycles. The first kappa shape index (κ1) is 7.72. The summed E-state index contributed by atoms with van der Waals surface area (Å²) in [5, 5.41) is 0. The zero-order valence-corrected chi connectivity index (χ0v) is 6.45. The molecule has 2 aromatic rings. The van der Waals surface area contributed by atoms with Gasteiger partial charge >= 0.3 is 6.14 Å². The third kappa shape index (κ3) is 1.24. The Bertz CT molecular complexity index is 478. The van der Waals surface area contributed by atoms with E-state index in [9.17, 15) is 9.18 Å². The first-order valence-corrected chi connectivity index (χ1v) is 3.53. The number of hydrogen-bond acceptors (Lipinski definition) is 3. The molecule has 0 radical (unpaired) electrons. The van der Waals surface area contributed by atoms with Crippen LogP contribution in [0.5, 0.6) is 0 Å². The van der Waals surface area contributed by atoms with Crippen molar-refractivity contribution in [2.75, 3.05) is 0 Å². The Hall–Kier alpha value is -1.91. The number of fused-ring (bicyclic) bond motifs is 1. The molecule has 0 atom stereocenters. The zero-order valence-electron chi connectivity index (χ0n) is 6.45. The van der Waals surface area contributed by atoms with Gasteiger partial charge in [-0.3, -0.25) is 4.79 Å². The van der Waals surface area contributed by atoms with Crippen LogP contribution in [-0.2, 0) is 0 Å². The van der Waals surface area contributed by atoms with Crippen LogP contribution in [0.4, 0.5) is 4.39 Å². The second-order valence-corrected chi connectivity index (χ2v) is 2.51. The van der Waals surface area contributed by atoms with E-state index in [0.717, 1.165) is 0 Å². The third-order valence-electron chi connectivity index (χ3n) is 1.65. The van der Waals surface area contributed by atoms with Gasteiger partial charge in [-0.25, -0.2) is 0 Å². The maximum Gasteiger partial charge on any atom is 0.382 e. The summed E-state index contributed by atoms with van der Waals surface area (Å²) in [7, 11) is 0. The Morgan fingerprint density at radius 1 is 1.54 bits per heavy atom. The normalized spacial score (nSPS) is 10.5. The Balaban J connectivity index is 2.67. The van der Waals surface area contributed by atoms with Crippen LogP contribution in [0.15, 0.2) is 22.6 Å². The molecular weight excluding hydrogens is 175 g/mol. The highest BCUT2D eigenvalue weighted by atomic mass is 19.1.